The fourth-order valence-corrected chi connectivity index (χ4v) is 25.9. The smallest absolute Gasteiger partial charge is 0.261 e. The van der Waals surface area contributed by atoms with Gasteiger partial charge in [-0.2, -0.15) is 0 Å². The molecule has 148 heavy (non-hydrogen) atoms. The number of nitrogens with one attached hydrogen (secondary N) is 1. The summed E-state index contributed by atoms with van der Waals surface area (Å²) in [6, 6.07) is 64.9. The Balaban J connectivity index is 0.000000128. The van der Waals surface area contributed by atoms with E-state index in [0.29, 0.717) is 73.7 Å². The number of halogens is 4. The summed E-state index contributed by atoms with van der Waals surface area (Å²) in [4.78, 5) is 122. The molecule has 9 aliphatic rings. The molecule has 11 heterocycles. The van der Waals surface area contributed by atoms with Gasteiger partial charge in [-0.1, -0.05) is 149 Å². The van der Waals surface area contributed by atoms with Gasteiger partial charge in [-0.25, -0.2) is 33.7 Å². The van der Waals surface area contributed by atoms with Crippen molar-refractivity contribution in [3.63, 3.8) is 0 Å². The molecule has 11 N–H and O–H groups in total. The minimum Gasteiger partial charge on any atom is -0.497 e. The molecule has 0 radical (unpaired) electrons. The van der Waals surface area contributed by atoms with Crippen molar-refractivity contribution in [3.8, 4) is 44.9 Å². The number of methoxy groups -OCH3 is 2. The van der Waals surface area contributed by atoms with E-state index in [4.69, 9.17) is 58.1 Å². The van der Waals surface area contributed by atoms with Gasteiger partial charge in [0, 0.05) is 106 Å². The van der Waals surface area contributed by atoms with E-state index in [1.165, 1.54) is 107 Å². The van der Waals surface area contributed by atoms with Crippen LogP contribution in [0.4, 0.5) is 8.78 Å². The third-order valence-corrected chi connectivity index (χ3v) is 34.8. The highest BCUT2D eigenvalue weighted by molar-refractivity contribution is 9.11. The zero-order valence-electron chi connectivity index (χ0n) is 85.3. The number of benzene rings is 7. The van der Waals surface area contributed by atoms with Gasteiger partial charge in [-0.05, 0) is 295 Å². The molecule has 2 unspecified atom stereocenters. The van der Waals surface area contributed by atoms with Crippen LogP contribution in [-0.2, 0) is 82.4 Å². The van der Waals surface area contributed by atoms with Crippen LogP contribution in [0.15, 0.2) is 257 Å². The largest absolute Gasteiger partial charge is 0.497 e. The first-order chi connectivity index (χ1) is 70.7. The monoisotopic (exact) mass is 2180 g/mol. The molecule has 6 aliphatic heterocycles. The number of pyridine rings is 2. The number of hydrogen-bond donors (Lipinski definition) is 6. The van der Waals surface area contributed by atoms with Gasteiger partial charge in [-0.3, -0.25) is 63.2 Å². The second-order valence-corrected chi connectivity index (χ2v) is 45.9. The number of carbonyl (C=O) groups excluding carboxylic acids is 6. The molecule has 34 heteroatoms. The van der Waals surface area contributed by atoms with Crippen LogP contribution >= 0.6 is 65.9 Å². The van der Waals surface area contributed by atoms with Gasteiger partial charge in [-0.15, -0.1) is 34.0 Å². The maximum atomic E-state index is 14.4. The number of aliphatic imine (C=N–C) groups is 5. The maximum Gasteiger partial charge on any atom is 0.261 e. The first kappa shape index (κ1) is 106. The lowest BCUT2D eigenvalue weighted by Gasteiger charge is -2.40. The molecular formula is C114H123Br2F2N19O8S3. The molecule has 0 bridgehead atoms. The van der Waals surface area contributed by atoms with Crippen molar-refractivity contribution in [2.75, 3.05) is 62.0 Å². The zero-order valence-corrected chi connectivity index (χ0v) is 90.9. The van der Waals surface area contributed by atoms with Crippen LogP contribution in [0.1, 0.15) is 211 Å². The number of ether oxygens (including phenoxy) is 2. The number of likely N-dealkylation sites (tertiary alicyclic amines) is 1. The molecule has 21 rings (SSSR count). The Hall–Kier alpha value is -13.5. The number of hydrogen-bond acceptors (Lipinski definition) is 24. The standard InChI is InChI=1S/C32H38N6O3.C24H23FN4OS.2C20H22BrN3OS.C18H18FN3O2/c1-22(39)37-15-12-23(13-16-37)21-38-30(40)32(2,36-31(38)33)26-8-6-7-24(17-26)29-18-28(41-3)11-10-25(29)19-34-20-27-9-4-5-14-35-27;1-24(20-10-18(13-31-20)17-9-19(25)12-27-11-17)21(22(30)29(2)23(26)28-24)16-7-5-15(6-8-16)14-3-4-14;2*1-11(2)12-4-6-13(7-5-12)16-18(25)24(3)19(22)23-20(16)9-8-14-10-15(21)26-17(14)20;1-18(16(23)22(2)17(20)21-18)14-10-12(7-8-15(14)19)11-5-4-6-13(9-11)24-3/h4-11,14,17-18,23,34H,12-13,15-16,19-21H2,1-3H3,(H2,33,36);5-14,21H,3-4H2,1-2H3,(H2,26,28);2*4-7,10-11,16H,8-9H2,1-3H3,(H2,22,23);4-10H,1-3H3,(H2,20,21)/t;21-,24-;16-,20+;16-,20-;/m.110./s1. The Morgan fingerprint density at radius 2 is 1.05 bits per heavy atom. The first-order valence-electron chi connectivity index (χ1n) is 49.5. The number of rotatable bonds is 20. The van der Waals surface area contributed by atoms with Crippen LogP contribution in [0.2, 0.25) is 0 Å². The lowest BCUT2D eigenvalue weighted by atomic mass is 9.76. The van der Waals surface area contributed by atoms with E-state index in [0.717, 1.165) is 118 Å². The quantitative estimate of drug-likeness (QED) is 0.0413. The summed E-state index contributed by atoms with van der Waals surface area (Å²) in [5.74, 6) is 1.94. The number of amides is 6. The fourth-order valence-electron chi connectivity index (χ4n) is 21.0. The average Bonchev–Trinajstić information content (AvgIpc) is 1.54. The van der Waals surface area contributed by atoms with Crippen molar-refractivity contribution in [3.05, 3.63) is 325 Å². The maximum absolute atomic E-state index is 14.4. The summed E-state index contributed by atoms with van der Waals surface area (Å²) in [7, 11) is 9.85. The van der Waals surface area contributed by atoms with Crippen LogP contribution in [0.3, 0.4) is 0 Å². The van der Waals surface area contributed by atoms with Crippen molar-refractivity contribution < 1.29 is 47.0 Å². The number of nitrogens with two attached hydrogens (primary N) is 5. The minimum atomic E-state index is -1.36. The van der Waals surface area contributed by atoms with Crippen LogP contribution in [0.25, 0.3) is 33.4 Å². The van der Waals surface area contributed by atoms with Gasteiger partial charge in [0.1, 0.15) is 39.8 Å². The minimum absolute atomic E-state index is 0.0205. The molecular weight excluding hydrogens is 2060 g/mol. The molecule has 8 atom stereocenters. The van der Waals surface area contributed by atoms with Crippen molar-refractivity contribution in [2.24, 2.45) is 59.5 Å². The Morgan fingerprint density at radius 1 is 0.514 bits per heavy atom. The Morgan fingerprint density at radius 3 is 1.59 bits per heavy atom. The number of fused-ring (bicyclic) bond motifs is 4. The SMILES string of the molecule is CC(C)c1ccc([C@@H]2C(=O)N(C)C(N)=N[C@@]23CCc2cc(Br)sc23)cc1.CC(C)c1ccc([C@H]2C(=O)N(C)C(N)=N[C@@]23CCc2cc(Br)sc23)cc1.CN1C(=O)[C@@H](c2ccc(C3CC3)cc2)[C@@](C)(c2cc(-c3cncc(F)c3)cs2)N=C1N.COc1ccc(CNCc2ccccn2)c(-c2cccc(C3(C)N=C(N)N(CC4CCN(C(C)=O)CC4)C3=O)c2)c1.COc1cccc(-c2ccc(F)c(C3(C)N=C(N)N(C)C3=O)c2)c1. The highest BCUT2D eigenvalue weighted by Crippen LogP contribution is 2.58. The van der Waals surface area contributed by atoms with Gasteiger partial charge in [0.15, 0.2) is 40.9 Å². The Labute approximate surface area is 890 Å². The van der Waals surface area contributed by atoms with Gasteiger partial charge in [0.2, 0.25) is 23.6 Å². The van der Waals surface area contributed by atoms with E-state index in [9.17, 15) is 37.5 Å². The Kier molecular flexibility index (Phi) is 31.0. The van der Waals surface area contributed by atoms with Crippen molar-refractivity contribution in [1.82, 2.24) is 44.7 Å². The highest BCUT2D eigenvalue weighted by Gasteiger charge is 2.57. The number of thiophene rings is 3. The average molecular weight is 2180 g/mol. The predicted octanol–water partition coefficient (Wildman–Crippen LogP) is 19.5. The van der Waals surface area contributed by atoms with E-state index in [1.807, 2.05) is 121 Å². The van der Waals surface area contributed by atoms with E-state index >= 15 is 0 Å². The molecule has 7 aromatic carbocycles. The number of piperidine rings is 1. The predicted molar refractivity (Wildman–Crippen MR) is 589 cm³/mol. The molecule has 3 aliphatic carbocycles. The number of aryl methyl sites for hydroxylation is 2. The van der Waals surface area contributed by atoms with Gasteiger partial charge in [0.05, 0.1) is 51.4 Å². The van der Waals surface area contributed by atoms with Gasteiger partial charge in [0.25, 0.3) is 11.8 Å². The number of likely N-dealkylation sites (N-methyl/N-ethyl adjacent to an activating group) is 4. The van der Waals surface area contributed by atoms with Crippen LogP contribution in [0.5, 0.6) is 11.5 Å². The normalized spacial score (nSPS) is 22.4. The Bertz CT molecular complexity index is 7080. The molecule has 2 spiro atoms. The van der Waals surface area contributed by atoms with Crippen molar-refractivity contribution >= 4 is 131 Å². The van der Waals surface area contributed by atoms with E-state index in [1.54, 1.807) is 101 Å². The van der Waals surface area contributed by atoms with Crippen molar-refractivity contribution in [1.29, 1.82) is 0 Å². The third kappa shape index (κ3) is 21.1. The van der Waals surface area contributed by atoms with E-state index in [2.05, 4.69) is 159 Å². The van der Waals surface area contributed by atoms with Gasteiger partial charge < -0.3 is 48.4 Å². The molecule has 27 nitrogen and oxygen atoms in total. The zero-order chi connectivity index (χ0) is 105. The highest BCUT2D eigenvalue weighted by atomic mass is 79.9. The first-order valence-corrected chi connectivity index (χ1v) is 53.6. The van der Waals surface area contributed by atoms with Crippen LogP contribution in [-0.4, -0.2) is 167 Å². The molecule has 2 fully saturated rings. The summed E-state index contributed by atoms with van der Waals surface area (Å²) in [6.45, 7) is 18.9. The summed E-state index contributed by atoms with van der Waals surface area (Å²) in [5.41, 5.74) is 43.5. The summed E-state index contributed by atoms with van der Waals surface area (Å²) in [5, 5.41) is 5.43. The lowest BCUT2D eigenvalue weighted by molar-refractivity contribution is -0.133. The fraction of sp³-hybridized carbons (Fsp3) is 0.342. The molecule has 1 saturated heterocycles. The number of guanidine groups is 5. The van der Waals surface area contributed by atoms with Gasteiger partial charge >= 0.3 is 0 Å². The van der Waals surface area contributed by atoms with E-state index < -0.39 is 39.4 Å². The summed E-state index contributed by atoms with van der Waals surface area (Å²) in [6.07, 6.45) is 12.2. The van der Waals surface area contributed by atoms with Crippen LogP contribution < -0.4 is 43.5 Å². The molecule has 1 saturated carbocycles. The lowest BCUT2D eigenvalue weighted by Crippen LogP contribution is -2.52. The number of nitrogens with zero attached hydrogens (tertiary/aromatic N) is 13. The molecule has 5 aromatic heterocycles. The van der Waals surface area contributed by atoms with E-state index in [-0.39, 0.29) is 82.5 Å². The molecule has 12 aromatic rings. The molecule has 768 valence electrons. The number of carbonyl (C=O) groups is 6. The third-order valence-electron chi connectivity index (χ3n) is 30.0. The van der Waals surface area contributed by atoms with Crippen LogP contribution in [0, 0.1) is 17.6 Å². The second kappa shape index (κ2) is 43.4. The van der Waals surface area contributed by atoms with Crippen molar-refractivity contribution in [2.45, 2.75) is 183 Å². The topological polar surface area (TPSA) is 370 Å². The summed E-state index contributed by atoms with van der Waals surface area (Å²) >= 11 is 12.0. The molecule has 6 amide bonds. The number of aromatic nitrogens is 2. The summed E-state index contributed by atoms with van der Waals surface area (Å²) < 4.78 is 41.0. The second-order valence-electron chi connectivity index (χ2n) is 40.2.